The first-order valence-electron chi connectivity index (χ1n) is 9.98. The first kappa shape index (κ1) is 22.3. The van der Waals surface area contributed by atoms with Gasteiger partial charge in [-0.1, -0.05) is 36.7 Å². The number of hydrogen-bond donors (Lipinski definition) is 1. The number of carbonyl (C=O) groups excluding carboxylic acids is 1. The Bertz CT molecular complexity index is 1090. The number of anilines is 1. The molecule has 0 bridgehead atoms. The van der Waals surface area contributed by atoms with Crippen LogP contribution in [-0.2, 0) is 9.53 Å². The van der Waals surface area contributed by atoms with Crippen molar-refractivity contribution < 1.29 is 13.9 Å². The lowest BCUT2D eigenvalue weighted by atomic mass is 10.1. The summed E-state index contributed by atoms with van der Waals surface area (Å²) in [5.74, 6) is 0.332. The fraction of sp³-hybridized carbons (Fsp3) is 0.304. The molecule has 7 nitrogen and oxygen atoms in total. The maximum atomic E-state index is 12.1. The largest absolute Gasteiger partial charge is 0.460 e. The number of halogens is 1. The predicted molar refractivity (Wildman–Crippen MR) is 117 cm³/mol. The van der Waals surface area contributed by atoms with E-state index in [0.717, 1.165) is 5.56 Å². The molecule has 3 rings (SSSR count). The van der Waals surface area contributed by atoms with E-state index < -0.39 is 12.1 Å². The van der Waals surface area contributed by atoms with Crippen molar-refractivity contribution in [1.29, 1.82) is 5.26 Å². The van der Waals surface area contributed by atoms with Crippen molar-refractivity contribution in [2.45, 2.75) is 45.8 Å². The Morgan fingerprint density at radius 2 is 2.00 bits per heavy atom. The number of nitriles is 1. The second-order valence-corrected chi connectivity index (χ2v) is 7.47. The Morgan fingerprint density at radius 1 is 1.26 bits per heavy atom. The summed E-state index contributed by atoms with van der Waals surface area (Å²) in [5, 5.41) is 21.2. The monoisotopic (exact) mass is 438 g/mol. The number of aromatic nitrogens is 2. The summed E-state index contributed by atoms with van der Waals surface area (Å²) >= 11 is 6.32. The predicted octanol–water partition coefficient (Wildman–Crippen LogP) is 5.46. The van der Waals surface area contributed by atoms with E-state index in [1.165, 1.54) is 0 Å². The molecule has 3 aromatic rings. The van der Waals surface area contributed by atoms with Crippen molar-refractivity contribution in [3.8, 4) is 17.5 Å². The van der Waals surface area contributed by atoms with Crippen molar-refractivity contribution in [1.82, 2.24) is 10.2 Å². The Labute approximate surface area is 186 Å². The number of carbonyl (C=O) groups is 1. The fourth-order valence-corrected chi connectivity index (χ4v) is 3.28. The normalized spacial score (nSPS) is 12.6. The van der Waals surface area contributed by atoms with Gasteiger partial charge in [-0.25, -0.2) is 0 Å². The highest BCUT2D eigenvalue weighted by Crippen LogP contribution is 2.32. The molecular formula is C23H23ClN4O3. The Morgan fingerprint density at radius 3 is 2.68 bits per heavy atom. The van der Waals surface area contributed by atoms with Crippen LogP contribution >= 0.6 is 11.6 Å². The van der Waals surface area contributed by atoms with Gasteiger partial charge in [-0.2, -0.15) is 5.26 Å². The molecule has 0 aliphatic rings. The first-order chi connectivity index (χ1) is 14.9. The van der Waals surface area contributed by atoms with Crippen molar-refractivity contribution in [3.63, 3.8) is 0 Å². The van der Waals surface area contributed by atoms with Gasteiger partial charge in [0.1, 0.15) is 18.2 Å². The molecule has 0 spiro atoms. The second kappa shape index (κ2) is 10.1. The SMILES string of the molecule is CCCC(=O)O[C@H](C)[C@H](Nc1ccc(C#N)c(Cl)c1C)c1nnc(-c2ccccc2)o1. The van der Waals surface area contributed by atoms with Gasteiger partial charge in [0.15, 0.2) is 0 Å². The van der Waals surface area contributed by atoms with E-state index in [1.807, 2.05) is 37.3 Å². The molecule has 0 saturated carbocycles. The van der Waals surface area contributed by atoms with Crippen LogP contribution in [0.4, 0.5) is 5.69 Å². The first-order valence-corrected chi connectivity index (χ1v) is 10.4. The van der Waals surface area contributed by atoms with Crippen LogP contribution in [0.3, 0.4) is 0 Å². The summed E-state index contributed by atoms with van der Waals surface area (Å²) in [6, 6.07) is 14.2. The standard InChI is InChI=1S/C23H23ClN4O3/c1-4-8-19(29)30-15(3)21(26-18-12-11-17(13-25)20(24)14(18)2)23-28-27-22(31-23)16-9-6-5-7-10-16/h5-7,9-12,15,21,26H,4,8H2,1-3H3/t15-,21+/m1/s1. The average Bonchev–Trinajstić information content (AvgIpc) is 3.25. The summed E-state index contributed by atoms with van der Waals surface area (Å²) in [6.45, 7) is 5.48. The molecule has 1 heterocycles. The second-order valence-electron chi connectivity index (χ2n) is 7.09. The minimum atomic E-state index is -0.617. The summed E-state index contributed by atoms with van der Waals surface area (Å²) in [7, 11) is 0. The van der Waals surface area contributed by atoms with Gasteiger partial charge in [0.25, 0.3) is 0 Å². The molecular weight excluding hydrogens is 416 g/mol. The van der Waals surface area contributed by atoms with E-state index in [-0.39, 0.29) is 11.9 Å². The summed E-state index contributed by atoms with van der Waals surface area (Å²) < 4.78 is 11.5. The molecule has 8 heteroatoms. The molecule has 2 atom stereocenters. The third kappa shape index (κ3) is 5.22. The van der Waals surface area contributed by atoms with Gasteiger partial charge < -0.3 is 14.5 Å². The highest BCUT2D eigenvalue weighted by molar-refractivity contribution is 6.32. The summed E-state index contributed by atoms with van der Waals surface area (Å²) in [6.07, 6.45) is 0.404. The topological polar surface area (TPSA) is 101 Å². The van der Waals surface area contributed by atoms with E-state index in [0.29, 0.717) is 40.6 Å². The van der Waals surface area contributed by atoms with Crippen LogP contribution < -0.4 is 5.32 Å². The number of benzene rings is 2. The molecule has 1 N–H and O–H groups in total. The molecule has 0 radical (unpaired) electrons. The van der Waals surface area contributed by atoms with Crippen LogP contribution in [0, 0.1) is 18.3 Å². The van der Waals surface area contributed by atoms with Crippen LogP contribution in [-0.4, -0.2) is 22.3 Å². The molecule has 160 valence electrons. The van der Waals surface area contributed by atoms with Crippen molar-refractivity contribution in [3.05, 3.63) is 64.5 Å². The number of hydrogen-bond acceptors (Lipinski definition) is 7. The Balaban J connectivity index is 1.94. The number of esters is 1. The van der Waals surface area contributed by atoms with Crippen molar-refractivity contribution >= 4 is 23.3 Å². The van der Waals surface area contributed by atoms with Gasteiger partial charge in [-0.05, 0) is 50.1 Å². The third-order valence-electron chi connectivity index (χ3n) is 4.79. The van der Waals surface area contributed by atoms with E-state index in [4.69, 9.17) is 20.8 Å². The molecule has 0 amide bonds. The Hall–Kier alpha value is -3.37. The van der Waals surface area contributed by atoms with E-state index in [2.05, 4.69) is 21.6 Å². The average molecular weight is 439 g/mol. The molecule has 2 aromatic carbocycles. The highest BCUT2D eigenvalue weighted by Gasteiger charge is 2.29. The molecule has 1 aromatic heterocycles. The number of ether oxygens (including phenoxy) is 1. The molecule has 0 unspecified atom stereocenters. The van der Waals surface area contributed by atoms with E-state index in [1.54, 1.807) is 26.0 Å². The van der Waals surface area contributed by atoms with Gasteiger partial charge in [0.2, 0.25) is 11.8 Å². The fourth-order valence-electron chi connectivity index (χ4n) is 3.07. The smallest absolute Gasteiger partial charge is 0.306 e. The third-order valence-corrected chi connectivity index (χ3v) is 5.27. The lowest BCUT2D eigenvalue weighted by Crippen LogP contribution is -2.28. The number of nitrogens with zero attached hydrogens (tertiary/aromatic N) is 3. The minimum absolute atomic E-state index is 0.274. The molecule has 31 heavy (non-hydrogen) atoms. The van der Waals surface area contributed by atoms with Crippen LogP contribution in [0.1, 0.15) is 49.7 Å². The van der Waals surface area contributed by atoms with Crippen LogP contribution in [0.5, 0.6) is 0 Å². The molecule has 0 saturated heterocycles. The lowest BCUT2D eigenvalue weighted by Gasteiger charge is -2.24. The maximum Gasteiger partial charge on any atom is 0.306 e. The quantitative estimate of drug-likeness (QED) is 0.466. The molecule has 0 fully saturated rings. The van der Waals surface area contributed by atoms with Gasteiger partial charge in [0.05, 0.1) is 10.6 Å². The van der Waals surface area contributed by atoms with E-state index in [9.17, 15) is 10.1 Å². The molecule has 0 aliphatic carbocycles. The summed E-state index contributed by atoms with van der Waals surface area (Å²) in [5.41, 5.74) is 2.54. The zero-order valence-electron chi connectivity index (χ0n) is 17.6. The van der Waals surface area contributed by atoms with Crippen LogP contribution in [0.25, 0.3) is 11.5 Å². The van der Waals surface area contributed by atoms with Crippen molar-refractivity contribution in [2.24, 2.45) is 0 Å². The minimum Gasteiger partial charge on any atom is -0.460 e. The van der Waals surface area contributed by atoms with Crippen LogP contribution in [0.15, 0.2) is 46.9 Å². The number of nitrogens with one attached hydrogen (secondary N) is 1. The zero-order valence-corrected chi connectivity index (χ0v) is 18.3. The number of rotatable bonds is 8. The highest BCUT2D eigenvalue weighted by atomic mass is 35.5. The Kier molecular flexibility index (Phi) is 7.27. The maximum absolute atomic E-state index is 12.1. The van der Waals surface area contributed by atoms with Crippen molar-refractivity contribution in [2.75, 3.05) is 5.32 Å². The lowest BCUT2D eigenvalue weighted by molar-refractivity contribution is -0.149. The van der Waals surface area contributed by atoms with Gasteiger partial charge in [-0.3, -0.25) is 4.79 Å². The van der Waals surface area contributed by atoms with Gasteiger partial charge in [0, 0.05) is 17.7 Å². The van der Waals surface area contributed by atoms with Crippen LogP contribution in [0.2, 0.25) is 5.02 Å². The van der Waals surface area contributed by atoms with Gasteiger partial charge in [-0.15, -0.1) is 10.2 Å². The summed E-state index contributed by atoms with van der Waals surface area (Å²) in [4.78, 5) is 12.1. The zero-order chi connectivity index (χ0) is 22.4. The van der Waals surface area contributed by atoms with Gasteiger partial charge >= 0.3 is 5.97 Å². The van der Waals surface area contributed by atoms with E-state index >= 15 is 0 Å². The molecule has 0 aliphatic heterocycles.